The third-order valence-electron chi connectivity index (χ3n) is 3.55. The molecule has 2 N–H and O–H groups in total. The molecule has 3 rings (SSSR count). The van der Waals surface area contributed by atoms with Crippen molar-refractivity contribution in [3.63, 3.8) is 0 Å². The number of aromatic nitrogens is 1. The average molecular weight is 332 g/mol. The number of aromatic amines is 1. The highest BCUT2D eigenvalue weighted by Gasteiger charge is 2.23. The van der Waals surface area contributed by atoms with Gasteiger partial charge < -0.3 is 10.3 Å². The third-order valence-corrected chi connectivity index (χ3v) is 5.34. The summed E-state index contributed by atoms with van der Waals surface area (Å²) < 4.78 is 38.8. The largest absolute Gasteiger partial charge is 0.359 e. The van der Waals surface area contributed by atoms with Gasteiger partial charge in [0.05, 0.1) is 20.9 Å². The molecule has 118 valence electrons. The van der Waals surface area contributed by atoms with Crippen LogP contribution in [0.4, 0.5) is 4.39 Å². The van der Waals surface area contributed by atoms with Gasteiger partial charge in [0.15, 0.2) is 0 Å². The van der Waals surface area contributed by atoms with Gasteiger partial charge in [0, 0.05) is 18.6 Å². The van der Waals surface area contributed by atoms with E-state index in [1.165, 1.54) is 31.4 Å². The summed E-state index contributed by atoms with van der Waals surface area (Å²) in [7, 11) is -2.40. The Bertz CT molecular complexity index is 1010. The first-order valence-electron chi connectivity index (χ1n) is 6.78. The number of carbonyl (C=O) groups excluding carboxylic acids is 1. The molecule has 1 heterocycles. The van der Waals surface area contributed by atoms with Crippen LogP contribution in [-0.2, 0) is 9.84 Å². The number of benzene rings is 2. The summed E-state index contributed by atoms with van der Waals surface area (Å²) in [5.74, 6) is -0.955. The Balaban J connectivity index is 2.23. The maximum atomic E-state index is 13.3. The Kier molecular flexibility index (Phi) is 3.65. The van der Waals surface area contributed by atoms with E-state index in [4.69, 9.17) is 0 Å². The number of para-hydroxylation sites is 1. The molecule has 0 bridgehead atoms. The Morgan fingerprint density at radius 2 is 1.91 bits per heavy atom. The number of halogens is 1. The monoisotopic (exact) mass is 332 g/mol. The number of fused-ring (bicyclic) bond motifs is 1. The second-order valence-corrected chi connectivity index (χ2v) is 6.84. The zero-order chi connectivity index (χ0) is 16.6. The molecule has 2 aromatic carbocycles. The number of hydrogen-bond acceptors (Lipinski definition) is 3. The molecule has 0 aliphatic carbocycles. The fourth-order valence-corrected chi connectivity index (χ4v) is 3.89. The molecule has 0 aliphatic rings. The second kappa shape index (κ2) is 5.51. The summed E-state index contributed by atoms with van der Waals surface area (Å²) in [6.07, 6.45) is 1.32. The molecule has 1 amide bonds. The van der Waals surface area contributed by atoms with Gasteiger partial charge in [-0.1, -0.05) is 18.2 Å². The molecule has 0 fully saturated rings. The van der Waals surface area contributed by atoms with Crippen molar-refractivity contribution in [2.45, 2.75) is 9.79 Å². The van der Waals surface area contributed by atoms with Gasteiger partial charge in [-0.2, -0.15) is 0 Å². The van der Waals surface area contributed by atoms with Crippen molar-refractivity contribution in [1.29, 1.82) is 0 Å². The predicted octanol–water partition coefficient (Wildman–Crippen LogP) is 2.50. The Labute approximate surface area is 132 Å². The van der Waals surface area contributed by atoms with E-state index in [-0.39, 0.29) is 15.7 Å². The van der Waals surface area contributed by atoms with Crippen molar-refractivity contribution in [1.82, 2.24) is 10.3 Å². The summed E-state index contributed by atoms with van der Waals surface area (Å²) in [6, 6.07) is 9.62. The summed E-state index contributed by atoms with van der Waals surface area (Å²) in [5.41, 5.74) is 0.757. The van der Waals surface area contributed by atoms with Crippen LogP contribution in [0, 0.1) is 5.82 Å². The lowest BCUT2D eigenvalue weighted by Crippen LogP contribution is -2.18. The van der Waals surface area contributed by atoms with Gasteiger partial charge in [-0.25, -0.2) is 12.8 Å². The van der Waals surface area contributed by atoms with Crippen molar-refractivity contribution in [2.75, 3.05) is 7.05 Å². The minimum atomic E-state index is -3.90. The molecule has 0 atom stereocenters. The highest BCUT2D eigenvalue weighted by Crippen LogP contribution is 2.30. The first-order chi connectivity index (χ1) is 10.9. The fraction of sp³-hybridized carbons (Fsp3) is 0.0625. The van der Waals surface area contributed by atoms with E-state index >= 15 is 0 Å². The first kappa shape index (κ1) is 15.2. The molecular formula is C16H13FN2O3S. The molecule has 0 radical (unpaired) electrons. The van der Waals surface area contributed by atoms with Crippen molar-refractivity contribution in [3.8, 4) is 0 Å². The molecular weight excluding hydrogens is 319 g/mol. The van der Waals surface area contributed by atoms with Crippen molar-refractivity contribution < 1.29 is 17.6 Å². The minimum Gasteiger partial charge on any atom is -0.359 e. The van der Waals surface area contributed by atoms with Gasteiger partial charge in [0.2, 0.25) is 9.84 Å². The molecule has 0 aliphatic heterocycles. The van der Waals surface area contributed by atoms with Gasteiger partial charge in [-0.3, -0.25) is 4.79 Å². The van der Waals surface area contributed by atoms with Crippen LogP contribution < -0.4 is 5.32 Å². The molecule has 0 spiro atoms. The van der Waals surface area contributed by atoms with Crippen LogP contribution in [0.25, 0.3) is 10.9 Å². The van der Waals surface area contributed by atoms with Crippen LogP contribution in [0.15, 0.2) is 58.5 Å². The molecule has 0 saturated carbocycles. The number of hydrogen-bond donors (Lipinski definition) is 2. The van der Waals surface area contributed by atoms with E-state index < -0.39 is 15.7 Å². The smallest absolute Gasteiger partial charge is 0.253 e. The minimum absolute atomic E-state index is 0.00357. The normalized spacial score (nSPS) is 11.6. The Morgan fingerprint density at radius 1 is 1.17 bits per heavy atom. The maximum Gasteiger partial charge on any atom is 0.253 e. The summed E-state index contributed by atoms with van der Waals surface area (Å²) in [4.78, 5) is 14.6. The highest BCUT2D eigenvalue weighted by molar-refractivity contribution is 7.91. The molecule has 7 heteroatoms. The molecule has 0 unspecified atom stereocenters. The van der Waals surface area contributed by atoms with Crippen molar-refractivity contribution >= 4 is 26.6 Å². The van der Waals surface area contributed by atoms with Crippen LogP contribution in [0.5, 0.6) is 0 Å². The quantitative estimate of drug-likeness (QED) is 0.773. The van der Waals surface area contributed by atoms with E-state index in [1.807, 2.05) is 0 Å². The summed E-state index contributed by atoms with van der Waals surface area (Å²) >= 11 is 0. The van der Waals surface area contributed by atoms with E-state index in [0.717, 1.165) is 6.07 Å². The lowest BCUT2D eigenvalue weighted by atomic mass is 10.1. The van der Waals surface area contributed by atoms with Gasteiger partial charge in [-0.05, 0) is 24.3 Å². The Morgan fingerprint density at radius 3 is 2.61 bits per heavy atom. The number of amides is 1. The highest BCUT2D eigenvalue weighted by atomic mass is 32.2. The summed E-state index contributed by atoms with van der Waals surface area (Å²) in [5, 5.41) is 2.89. The lowest BCUT2D eigenvalue weighted by Gasteiger charge is -2.05. The van der Waals surface area contributed by atoms with Crippen LogP contribution in [0.2, 0.25) is 0 Å². The lowest BCUT2D eigenvalue weighted by molar-refractivity contribution is 0.0964. The molecule has 5 nitrogen and oxygen atoms in total. The Hall–Kier alpha value is -2.67. The topological polar surface area (TPSA) is 79.0 Å². The number of rotatable bonds is 3. The maximum absolute atomic E-state index is 13.3. The SMILES string of the molecule is CNC(=O)c1cccc2c(S(=O)(=O)c3cccc(F)c3)c[nH]c12. The molecule has 1 aromatic heterocycles. The molecule has 23 heavy (non-hydrogen) atoms. The van der Waals surface area contributed by atoms with Crippen LogP contribution in [0.1, 0.15) is 10.4 Å². The number of sulfone groups is 1. The van der Waals surface area contributed by atoms with E-state index in [2.05, 4.69) is 10.3 Å². The number of carbonyl (C=O) groups is 1. The summed E-state index contributed by atoms with van der Waals surface area (Å²) in [6.45, 7) is 0. The van der Waals surface area contributed by atoms with Crippen LogP contribution >= 0.6 is 0 Å². The third kappa shape index (κ3) is 2.49. The number of H-pyrrole nitrogens is 1. The fourth-order valence-electron chi connectivity index (χ4n) is 2.44. The standard InChI is InChI=1S/C16H13FN2O3S/c1-18-16(20)13-7-3-6-12-14(9-19-15(12)13)23(21,22)11-5-2-4-10(17)8-11/h2-9,19H,1H3,(H,18,20). The van der Waals surface area contributed by atoms with Crippen molar-refractivity contribution in [3.05, 3.63) is 60.0 Å². The second-order valence-electron chi connectivity index (χ2n) is 4.92. The van der Waals surface area contributed by atoms with Gasteiger partial charge in [-0.15, -0.1) is 0 Å². The van der Waals surface area contributed by atoms with Crippen molar-refractivity contribution in [2.24, 2.45) is 0 Å². The van der Waals surface area contributed by atoms with Gasteiger partial charge in [0.25, 0.3) is 5.91 Å². The van der Waals surface area contributed by atoms with Gasteiger partial charge >= 0.3 is 0 Å². The van der Waals surface area contributed by atoms with Gasteiger partial charge in [0.1, 0.15) is 5.82 Å². The van der Waals surface area contributed by atoms with Crippen LogP contribution in [0.3, 0.4) is 0 Å². The van der Waals surface area contributed by atoms with E-state index in [1.54, 1.807) is 18.2 Å². The molecule has 3 aromatic rings. The van der Waals surface area contributed by atoms with E-state index in [0.29, 0.717) is 16.5 Å². The molecule has 0 saturated heterocycles. The first-order valence-corrected chi connectivity index (χ1v) is 8.26. The predicted molar refractivity (Wildman–Crippen MR) is 83.5 cm³/mol. The number of nitrogens with one attached hydrogen (secondary N) is 2. The zero-order valence-electron chi connectivity index (χ0n) is 12.1. The average Bonchev–Trinajstić information content (AvgIpc) is 2.98. The van der Waals surface area contributed by atoms with Crippen LogP contribution in [-0.4, -0.2) is 26.4 Å². The van der Waals surface area contributed by atoms with E-state index in [9.17, 15) is 17.6 Å². The zero-order valence-corrected chi connectivity index (χ0v) is 12.9.